The molecule has 2 aromatic rings. The van der Waals surface area contributed by atoms with Crippen LogP contribution in [0.2, 0.25) is 0 Å². The van der Waals surface area contributed by atoms with E-state index in [1.165, 1.54) is 11.6 Å². The molecule has 0 amide bonds. The zero-order valence-corrected chi connectivity index (χ0v) is 13.6. The van der Waals surface area contributed by atoms with Crippen molar-refractivity contribution in [3.8, 4) is 0 Å². The fraction of sp³-hybridized carbons (Fsp3) is 0.200. The molecule has 1 atom stereocenters. The van der Waals surface area contributed by atoms with Crippen molar-refractivity contribution < 1.29 is 4.39 Å². The summed E-state index contributed by atoms with van der Waals surface area (Å²) in [5.41, 5.74) is 2.30. The molecule has 0 saturated heterocycles. The van der Waals surface area contributed by atoms with Crippen molar-refractivity contribution in [1.82, 2.24) is 5.32 Å². The third-order valence-corrected chi connectivity index (χ3v) is 4.12. The van der Waals surface area contributed by atoms with Gasteiger partial charge in [-0.2, -0.15) is 0 Å². The summed E-state index contributed by atoms with van der Waals surface area (Å²) in [4.78, 5) is 0. The normalized spacial score (nSPS) is 12.4. The van der Waals surface area contributed by atoms with Crippen LogP contribution in [0.5, 0.6) is 0 Å². The summed E-state index contributed by atoms with van der Waals surface area (Å²) < 4.78 is 14.8. The first-order valence-electron chi connectivity index (χ1n) is 5.97. The van der Waals surface area contributed by atoms with Crippen molar-refractivity contribution in [2.24, 2.45) is 0 Å². The summed E-state index contributed by atoms with van der Waals surface area (Å²) in [7, 11) is 1.92. The highest BCUT2D eigenvalue weighted by atomic mass is 79.9. The highest BCUT2D eigenvalue weighted by Crippen LogP contribution is 2.24. The van der Waals surface area contributed by atoms with Gasteiger partial charge in [-0.1, -0.05) is 34.1 Å². The maximum Gasteiger partial charge on any atom is 0.137 e. The zero-order chi connectivity index (χ0) is 13.8. The minimum absolute atomic E-state index is 0.159. The Hall–Kier alpha value is -0.710. The summed E-state index contributed by atoms with van der Waals surface area (Å²) in [6.07, 6.45) is 0.855. The van der Waals surface area contributed by atoms with Gasteiger partial charge in [-0.3, -0.25) is 0 Å². The van der Waals surface area contributed by atoms with E-state index in [1.54, 1.807) is 0 Å². The zero-order valence-electron chi connectivity index (χ0n) is 10.5. The van der Waals surface area contributed by atoms with Gasteiger partial charge in [-0.15, -0.1) is 0 Å². The summed E-state index contributed by atoms with van der Waals surface area (Å²) >= 11 is 6.70. The lowest BCUT2D eigenvalue weighted by molar-refractivity contribution is 0.583. The molecule has 19 heavy (non-hydrogen) atoms. The molecule has 100 valence electrons. The number of benzene rings is 2. The number of hydrogen-bond donors (Lipinski definition) is 1. The molecule has 0 heterocycles. The first kappa shape index (κ1) is 14.7. The van der Waals surface area contributed by atoms with Crippen LogP contribution in [-0.4, -0.2) is 7.05 Å². The van der Waals surface area contributed by atoms with Gasteiger partial charge in [0.2, 0.25) is 0 Å². The van der Waals surface area contributed by atoms with Gasteiger partial charge in [0.15, 0.2) is 0 Å². The predicted molar refractivity (Wildman–Crippen MR) is 83.7 cm³/mol. The molecule has 0 aliphatic rings. The molecule has 1 N–H and O–H groups in total. The quantitative estimate of drug-likeness (QED) is 0.791. The molecule has 2 aromatic carbocycles. The Kier molecular flexibility index (Phi) is 5.13. The van der Waals surface area contributed by atoms with E-state index < -0.39 is 0 Å². The van der Waals surface area contributed by atoms with Crippen molar-refractivity contribution in [2.75, 3.05) is 7.05 Å². The molecule has 0 aliphatic heterocycles. The van der Waals surface area contributed by atoms with Gasteiger partial charge in [0, 0.05) is 10.5 Å². The van der Waals surface area contributed by atoms with Gasteiger partial charge in [-0.25, -0.2) is 4.39 Å². The maximum absolute atomic E-state index is 13.3. The molecule has 0 saturated carbocycles. The van der Waals surface area contributed by atoms with Crippen LogP contribution in [-0.2, 0) is 6.42 Å². The molecule has 1 unspecified atom stereocenters. The Labute approximate surface area is 129 Å². The van der Waals surface area contributed by atoms with Gasteiger partial charge in [0.05, 0.1) is 4.47 Å². The van der Waals surface area contributed by atoms with Crippen LogP contribution in [0.1, 0.15) is 17.2 Å². The Bertz CT molecular complexity index is 572. The molecule has 0 fully saturated rings. The van der Waals surface area contributed by atoms with Crippen LogP contribution < -0.4 is 5.32 Å². The number of hydrogen-bond acceptors (Lipinski definition) is 1. The highest BCUT2D eigenvalue weighted by Gasteiger charge is 2.12. The first-order chi connectivity index (χ1) is 9.10. The molecule has 2 rings (SSSR count). The van der Waals surface area contributed by atoms with E-state index in [4.69, 9.17) is 0 Å². The van der Waals surface area contributed by atoms with E-state index in [-0.39, 0.29) is 11.9 Å². The summed E-state index contributed by atoms with van der Waals surface area (Å²) in [5.74, 6) is -0.235. The largest absolute Gasteiger partial charge is 0.313 e. The number of rotatable bonds is 4. The van der Waals surface area contributed by atoms with Gasteiger partial charge >= 0.3 is 0 Å². The topological polar surface area (TPSA) is 12.0 Å². The van der Waals surface area contributed by atoms with Crippen LogP contribution in [0, 0.1) is 5.82 Å². The van der Waals surface area contributed by atoms with E-state index in [9.17, 15) is 4.39 Å². The van der Waals surface area contributed by atoms with Crippen LogP contribution in [0.15, 0.2) is 51.4 Å². The van der Waals surface area contributed by atoms with E-state index >= 15 is 0 Å². The third-order valence-electron chi connectivity index (χ3n) is 3.02. The average molecular weight is 387 g/mol. The van der Waals surface area contributed by atoms with E-state index in [0.29, 0.717) is 4.47 Å². The smallest absolute Gasteiger partial charge is 0.137 e. The molecule has 0 aliphatic carbocycles. The maximum atomic E-state index is 13.3. The van der Waals surface area contributed by atoms with Gasteiger partial charge < -0.3 is 5.32 Å². The Morgan fingerprint density at radius 3 is 2.58 bits per heavy atom. The van der Waals surface area contributed by atoms with Crippen molar-refractivity contribution in [3.05, 3.63) is 68.4 Å². The molecule has 4 heteroatoms. The average Bonchev–Trinajstić information content (AvgIpc) is 2.39. The van der Waals surface area contributed by atoms with Crippen LogP contribution in [0.3, 0.4) is 0 Å². The predicted octanol–water partition coefficient (Wildman–Crippen LogP) is 4.85. The highest BCUT2D eigenvalue weighted by molar-refractivity contribution is 9.10. The number of nitrogens with one attached hydrogen (secondary N) is 1. The first-order valence-corrected chi connectivity index (χ1v) is 7.55. The fourth-order valence-corrected chi connectivity index (χ4v) is 2.86. The second-order valence-electron chi connectivity index (χ2n) is 4.35. The lowest BCUT2D eigenvalue weighted by Gasteiger charge is -2.17. The van der Waals surface area contributed by atoms with Crippen molar-refractivity contribution >= 4 is 31.9 Å². The third kappa shape index (κ3) is 3.88. The molecule has 0 aromatic heterocycles. The van der Waals surface area contributed by atoms with Crippen molar-refractivity contribution in [3.63, 3.8) is 0 Å². The second-order valence-corrected chi connectivity index (χ2v) is 6.12. The van der Waals surface area contributed by atoms with Crippen molar-refractivity contribution in [2.45, 2.75) is 12.5 Å². The van der Waals surface area contributed by atoms with Gasteiger partial charge in [0.25, 0.3) is 0 Å². The molecule has 0 bridgehead atoms. The molecule has 0 radical (unpaired) electrons. The Balaban J connectivity index is 2.22. The second kappa shape index (κ2) is 6.64. The number of likely N-dealkylation sites (N-methyl/N-ethyl adjacent to an activating group) is 1. The van der Waals surface area contributed by atoms with Crippen LogP contribution in [0.4, 0.5) is 4.39 Å². The molecular formula is C15H14Br2FN. The van der Waals surface area contributed by atoms with E-state index in [1.807, 2.05) is 31.3 Å². The molecule has 1 nitrogen and oxygen atoms in total. The Morgan fingerprint density at radius 2 is 1.95 bits per heavy atom. The fourth-order valence-electron chi connectivity index (χ4n) is 2.02. The molecule has 0 spiro atoms. The monoisotopic (exact) mass is 385 g/mol. The minimum Gasteiger partial charge on any atom is -0.313 e. The van der Waals surface area contributed by atoms with Crippen LogP contribution in [0.25, 0.3) is 0 Å². The lowest BCUT2D eigenvalue weighted by Crippen LogP contribution is -2.18. The van der Waals surface area contributed by atoms with Gasteiger partial charge in [-0.05, 0) is 64.8 Å². The standard InChI is InChI=1S/C15H14Br2FN/c1-19-15(8-10-3-2-4-12(16)7-10)11-5-6-14(18)13(17)9-11/h2-7,9,15,19H,8H2,1H3. The summed E-state index contributed by atoms with van der Waals surface area (Å²) in [5, 5.41) is 3.27. The summed E-state index contributed by atoms with van der Waals surface area (Å²) in [6.45, 7) is 0. The van der Waals surface area contributed by atoms with E-state index in [0.717, 1.165) is 16.5 Å². The van der Waals surface area contributed by atoms with E-state index in [2.05, 4.69) is 49.3 Å². The summed E-state index contributed by atoms with van der Waals surface area (Å²) in [6, 6.07) is 13.5. The SMILES string of the molecule is CNC(Cc1cccc(Br)c1)c1ccc(F)c(Br)c1. The Morgan fingerprint density at radius 1 is 1.16 bits per heavy atom. The molecular weight excluding hydrogens is 373 g/mol. The number of halogens is 3. The van der Waals surface area contributed by atoms with Crippen molar-refractivity contribution in [1.29, 1.82) is 0 Å². The van der Waals surface area contributed by atoms with Gasteiger partial charge in [0.1, 0.15) is 5.82 Å². The van der Waals surface area contributed by atoms with Crippen LogP contribution >= 0.6 is 31.9 Å². The minimum atomic E-state index is -0.235. The lowest BCUT2D eigenvalue weighted by atomic mass is 9.99.